The van der Waals surface area contributed by atoms with E-state index < -0.39 is 5.97 Å². The molecule has 0 aliphatic rings. The Morgan fingerprint density at radius 1 is 1.41 bits per heavy atom. The van der Waals surface area contributed by atoms with Crippen LogP contribution in [0.3, 0.4) is 0 Å². The summed E-state index contributed by atoms with van der Waals surface area (Å²) in [7, 11) is 0. The maximum absolute atomic E-state index is 10.5. The van der Waals surface area contributed by atoms with Crippen molar-refractivity contribution in [2.75, 3.05) is 0 Å². The van der Waals surface area contributed by atoms with Crippen molar-refractivity contribution in [3.8, 4) is 0 Å². The molecule has 2 rings (SSSR count). The Hall–Kier alpha value is -1.20. The van der Waals surface area contributed by atoms with Gasteiger partial charge in [-0.25, -0.2) is 4.98 Å². The summed E-state index contributed by atoms with van der Waals surface area (Å²) < 4.78 is 1.05. The van der Waals surface area contributed by atoms with Crippen LogP contribution >= 0.6 is 27.3 Å². The molecular weight excluding hydrogens is 302 g/mol. The largest absolute Gasteiger partial charge is 0.481 e. The first-order chi connectivity index (χ1) is 8.15. The predicted octanol–water partition coefficient (Wildman–Crippen LogP) is 3.12. The Bertz CT molecular complexity index is 539. The van der Waals surface area contributed by atoms with Gasteiger partial charge in [0.05, 0.1) is 17.1 Å². The van der Waals surface area contributed by atoms with E-state index in [1.807, 2.05) is 24.3 Å². The molecule has 0 aliphatic heterocycles. The number of rotatable bonds is 4. The fraction of sp³-hybridized carbons (Fsp3) is 0.167. The summed E-state index contributed by atoms with van der Waals surface area (Å²) in [6, 6.07) is 7.96. The van der Waals surface area contributed by atoms with E-state index in [9.17, 15) is 4.79 Å². The molecule has 0 amide bonds. The van der Waals surface area contributed by atoms with Gasteiger partial charge in [0.2, 0.25) is 0 Å². The second-order valence-electron chi connectivity index (χ2n) is 3.57. The van der Waals surface area contributed by atoms with Gasteiger partial charge in [0, 0.05) is 16.3 Å². The zero-order chi connectivity index (χ0) is 12.3. The third-order valence-corrected chi connectivity index (χ3v) is 3.90. The zero-order valence-electron chi connectivity index (χ0n) is 8.89. The Balaban J connectivity index is 2.12. The lowest BCUT2D eigenvalue weighted by molar-refractivity contribution is -0.136. The summed E-state index contributed by atoms with van der Waals surface area (Å²) in [6.07, 6.45) is 0.720. The fourth-order valence-corrected chi connectivity index (χ4v) is 2.71. The zero-order valence-corrected chi connectivity index (χ0v) is 11.3. The molecule has 0 spiro atoms. The van der Waals surface area contributed by atoms with Crippen LogP contribution in [-0.4, -0.2) is 16.1 Å². The van der Waals surface area contributed by atoms with Gasteiger partial charge in [-0.3, -0.25) is 4.79 Å². The van der Waals surface area contributed by atoms with Crippen LogP contribution < -0.4 is 0 Å². The van der Waals surface area contributed by atoms with Crippen LogP contribution in [0.5, 0.6) is 0 Å². The number of benzene rings is 1. The smallest absolute Gasteiger partial charge is 0.309 e. The molecular formula is C12H10BrNO2S. The molecule has 0 atom stereocenters. The molecule has 0 aliphatic carbocycles. The minimum Gasteiger partial charge on any atom is -0.481 e. The molecule has 17 heavy (non-hydrogen) atoms. The summed E-state index contributed by atoms with van der Waals surface area (Å²) in [5.74, 6) is -0.845. The molecule has 0 fully saturated rings. The lowest BCUT2D eigenvalue weighted by Gasteiger charge is -2.00. The van der Waals surface area contributed by atoms with E-state index in [1.54, 1.807) is 5.38 Å². The minimum atomic E-state index is -0.845. The second kappa shape index (κ2) is 5.42. The molecule has 1 heterocycles. The maximum Gasteiger partial charge on any atom is 0.309 e. The van der Waals surface area contributed by atoms with Gasteiger partial charge < -0.3 is 5.11 Å². The van der Waals surface area contributed by atoms with Gasteiger partial charge in [0.25, 0.3) is 0 Å². The van der Waals surface area contributed by atoms with Crippen molar-refractivity contribution in [2.45, 2.75) is 12.8 Å². The van der Waals surface area contributed by atoms with Crippen molar-refractivity contribution in [1.29, 1.82) is 0 Å². The number of hydrogen-bond donors (Lipinski definition) is 1. The van der Waals surface area contributed by atoms with Crippen LogP contribution in [0.25, 0.3) is 0 Å². The minimum absolute atomic E-state index is 0.00748. The third kappa shape index (κ3) is 3.38. The van der Waals surface area contributed by atoms with Crippen LogP contribution in [-0.2, 0) is 17.6 Å². The van der Waals surface area contributed by atoms with Gasteiger partial charge in [0.15, 0.2) is 0 Å². The number of hydrogen-bond acceptors (Lipinski definition) is 3. The fourth-order valence-electron chi connectivity index (χ4n) is 1.47. The molecule has 1 N–H and O–H groups in total. The molecule has 0 unspecified atom stereocenters. The van der Waals surface area contributed by atoms with Crippen LogP contribution in [0, 0.1) is 0 Å². The molecule has 0 bridgehead atoms. The summed E-state index contributed by atoms with van der Waals surface area (Å²) in [5, 5.41) is 11.4. The van der Waals surface area contributed by atoms with Crippen LogP contribution in [0.1, 0.15) is 16.3 Å². The Labute approximate surface area is 111 Å². The van der Waals surface area contributed by atoms with E-state index in [-0.39, 0.29) is 6.42 Å². The number of nitrogens with zero attached hydrogens (tertiary/aromatic N) is 1. The number of aromatic nitrogens is 1. The van der Waals surface area contributed by atoms with Gasteiger partial charge in [-0.15, -0.1) is 11.3 Å². The summed E-state index contributed by atoms with van der Waals surface area (Å²) in [4.78, 5) is 14.9. The predicted molar refractivity (Wildman–Crippen MR) is 70.4 cm³/mol. The summed E-state index contributed by atoms with van der Waals surface area (Å²) in [5.41, 5.74) is 1.79. The molecule has 3 nitrogen and oxygen atoms in total. The van der Waals surface area contributed by atoms with Gasteiger partial charge in [-0.05, 0) is 11.6 Å². The van der Waals surface area contributed by atoms with Crippen LogP contribution in [0.15, 0.2) is 34.1 Å². The van der Waals surface area contributed by atoms with Gasteiger partial charge >= 0.3 is 5.97 Å². The van der Waals surface area contributed by atoms with Crippen molar-refractivity contribution in [1.82, 2.24) is 4.98 Å². The first kappa shape index (κ1) is 12.3. The van der Waals surface area contributed by atoms with Crippen molar-refractivity contribution in [2.24, 2.45) is 0 Å². The van der Waals surface area contributed by atoms with Gasteiger partial charge in [0.1, 0.15) is 0 Å². The molecule has 1 aromatic carbocycles. The number of carbonyl (C=O) groups is 1. The highest BCUT2D eigenvalue weighted by Gasteiger charge is 2.07. The van der Waals surface area contributed by atoms with Crippen molar-refractivity contribution < 1.29 is 9.90 Å². The number of aliphatic carboxylic acids is 1. The number of thiazole rings is 1. The quantitative estimate of drug-likeness (QED) is 0.943. The van der Waals surface area contributed by atoms with Crippen molar-refractivity contribution in [3.63, 3.8) is 0 Å². The second-order valence-corrected chi connectivity index (χ2v) is 5.37. The third-order valence-electron chi connectivity index (χ3n) is 2.23. The van der Waals surface area contributed by atoms with E-state index >= 15 is 0 Å². The normalized spacial score (nSPS) is 10.4. The van der Waals surface area contributed by atoms with Gasteiger partial charge in [-0.2, -0.15) is 0 Å². The number of halogens is 1. The van der Waals surface area contributed by atoms with Gasteiger partial charge in [-0.1, -0.05) is 34.1 Å². The highest BCUT2D eigenvalue weighted by atomic mass is 79.9. The Morgan fingerprint density at radius 2 is 2.18 bits per heavy atom. The van der Waals surface area contributed by atoms with Crippen molar-refractivity contribution in [3.05, 3.63) is 50.4 Å². The molecule has 0 saturated heterocycles. The van der Waals surface area contributed by atoms with Crippen molar-refractivity contribution >= 4 is 33.2 Å². The average Bonchev–Trinajstić information content (AvgIpc) is 2.68. The first-order valence-electron chi connectivity index (χ1n) is 5.03. The Morgan fingerprint density at radius 3 is 2.88 bits per heavy atom. The average molecular weight is 312 g/mol. The topological polar surface area (TPSA) is 50.2 Å². The highest BCUT2D eigenvalue weighted by Crippen LogP contribution is 2.21. The molecule has 0 saturated carbocycles. The Kier molecular flexibility index (Phi) is 3.91. The van der Waals surface area contributed by atoms with E-state index in [1.165, 1.54) is 11.3 Å². The molecule has 0 radical (unpaired) electrons. The van der Waals surface area contributed by atoms with E-state index in [0.717, 1.165) is 21.5 Å². The summed E-state index contributed by atoms with van der Waals surface area (Å²) in [6.45, 7) is 0. The molecule has 88 valence electrons. The maximum atomic E-state index is 10.5. The number of carboxylic acids is 1. The van der Waals surface area contributed by atoms with E-state index in [4.69, 9.17) is 5.11 Å². The highest BCUT2D eigenvalue weighted by molar-refractivity contribution is 9.10. The SMILES string of the molecule is O=C(O)Cc1csc(Cc2ccccc2Br)n1. The monoisotopic (exact) mass is 311 g/mol. The lowest BCUT2D eigenvalue weighted by atomic mass is 10.2. The van der Waals surface area contributed by atoms with E-state index in [2.05, 4.69) is 20.9 Å². The molecule has 5 heteroatoms. The molecule has 1 aromatic heterocycles. The number of carboxylic acid groups (broad SMARTS) is 1. The molecule has 2 aromatic rings. The standard InChI is InChI=1S/C12H10BrNO2S/c13-10-4-2-1-3-8(10)5-11-14-9(7-17-11)6-12(15)16/h1-4,7H,5-6H2,(H,15,16). The van der Waals surface area contributed by atoms with Crippen LogP contribution in [0.2, 0.25) is 0 Å². The lowest BCUT2D eigenvalue weighted by Crippen LogP contribution is -2.00. The first-order valence-corrected chi connectivity index (χ1v) is 6.71. The van der Waals surface area contributed by atoms with Crippen LogP contribution in [0.4, 0.5) is 0 Å². The summed E-state index contributed by atoms with van der Waals surface area (Å²) >= 11 is 4.98. The van der Waals surface area contributed by atoms with E-state index in [0.29, 0.717) is 5.69 Å².